The van der Waals surface area contributed by atoms with Crippen LogP contribution < -0.4 is 15.8 Å². The van der Waals surface area contributed by atoms with Gasteiger partial charge in [-0.2, -0.15) is 0 Å². The van der Waals surface area contributed by atoms with Crippen LogP contribution in [0.25, 0.3) is 0 Å². The average molecular weight is 314 g/mol. The zero-order valence-electron chi connectivity index (χ0n) is 11.9. The molecule has 1 rings (SSSR count). The van der Waals surface area contributed by atoms with Crippen LogP contribution in [0.1, 0.15) is 26.2 Å². The van der Waals surface area contributed by atoms with Crippen LogP contribution in [-0.2, 0) is 4.79 Å². The van der Waals surface area contributed by atoms with Crippen LogP contribution in [-0.4, -0.2) is 29.6 Å². The van der Waals surface area contributed by atoms with Crippen LogP contribution in [0.4, 0.5) is 0 Å². The molecule has 1 unspecified atom stereocenters. The molecule has 6 nitrogen and oxygen atoms in total. The molecule has 1 aromatic carbocycles. The SMILES string of the molecule is CC(Oc1cccc(Cl)c1)C(=O)NCCCCC(N)=NO. The van der Waals surface area contributed by atoms with Crippen molar-refractivity contribution in [1.82, 2.24) is 5.32 Å². The molecular weight excluding hydrogens is 294 g/mol. The first-order valence-corrected chi connectivity index (χ1v) is 7.07. The summed E-state index contributed by atoms with van der Waals surface area (Å²) in [6.07, 6.45) is 1.37. The summed E-state index contributed by atoms with van der Waals surface area (Å²) >= 11 is 5.85. The molecule has 1 aromatic rings. The van der Waals surface area contributed by atoms with E-state index in [0.29, 0.717) is 23.7 Å². The van der Waals surface area contributed by atoms with Gasteiger partial charge >= 0.3 is 0 Å². The molecule has 0 bridgehead atoms. The van der Waals surface area contributed by atoms with E-state index in [1.165, 1.54) is 0 Å². The molecule has 0 fully saturated rings. The highest BCUT2D eigenvalue weighted by Gasteiger charge is 2.13. The van der Waals surface area contributed by atoms with Gasteiger partial charge in [-0.05, 0) is 38.0 Å². The van der Waals surface area contributed by atoms with Crippen molar-refractivity contribution in [2.45, 2.75) is 32.3 Å². The van der Waals surface area contributed by atoms with Gasteiger partial charge in [0.15, 0.2) is 6.10 Å². The third-order valence-corrected chi connectivity index (χ3v) is 3.00. The van der Waals surface area contributed by atoms with E-state index in [9.17, 15) is 4.79 Å². The third kappa shape index (κ3) is 6.85. The Morgan fingerprint density at radius 1 is 1.52 bits per heavy atom. The molecule has 4 N–H and O–H groups in total. The van der Waals surface area contributed by atoms with Gasteiger partial charge in [-0.3, -0.25) is 4.79 Å². The van der Waals surface area contributed by atoms with Crippen LogP contribution in [0, 0.1) is 0 Å². The number of hydrogen-bond acceptors (Lipinski definition) is 4. The summed E-state index contributed by atoms with van der Waals surface area (Å²) in [5.41, 5.74) is 5.34. The quantitative estimate of drug-likeness (QED) is 0.225. The number of hydrogen-bond donors (Lipinski definition) is 3. The van der Waals surface area contributed by atoms with Gasteiger partial charge in [0.2, 0.25) is 0 Å². The van der Waals surface area contributed by atoms with Gasteiger partial charge in [-0.15, -0.1) is 0 Å². The minimum Gasteiger partial charge on any atom is -0.481 e. The first kappa shape index (κ1) is 17.1. The van der Waals surface area contributed by atoms with Crippen LogP contribution >= 0.6 is 11.6 Å². The highest BCUT2D eigenvalue weighted by Crippen LogP contribution is 2.18. The molecule has 0 saturated heterocycles. The number of halogens is 1. The first-order chi connectivity index (χ1) is 10.0. The van der Waals surface area contributed by atoms with Crippen molar-refractivity contribution < 1.29 is 14.7 Å². The van der Waals surface area contributed by atoms with E-state index in [1.54, 1.807) is 31.2 Å². The monoisotopic (exact) mass is 313 g/mol. The maximum atomic E-state index is 11.8. The number of carbonyl (C=O) groups excluding carboxylic acids is 1. The molecule has 0 radical (unpaired) electrons. The number of rotatable bonds is 8. The van der Waals surface area contributed by atoms with E-state index < -0.39 is 6.10 Å². The lowest BCUT2D eigenvalue weighted by atomic mass is 10.2. The molecule has 0 saturated carbocycles. The summed E-state index contributed by atoms with van der Waals surface area (Å²) in [5, 5.41) is 14.6. The van der Waals surface area contributed by atoms with E-state index >= 15 is 0 Å². The maximum Gasteiger partial charge on any atom is 0.260 e. The molecule has 0 aliphatic rings. The van der Waals surface area contributed by atoms with Gasteiger partial charge < -0.3 is 21.0 Å². The topological polar surface area (TPSA) is 96.9 Å². The minimum absolute atomic E-state index is 0.194. The van der Waals surface area contributed by atoms with E-state index in [-0.39, 0.29) is 11.7 Å². The molecule has 0 aliphatic carbocycles. The predicted octanol–water partition coefficient (Wildman–Crippen LogP) is 2.14. The highest BCUT2D eigenvalue weighted by atomic mass is 35.5. The van der Waals surface area contributed by atoms with Gasteiger partial charge in [0.25, 0.3) is 5.91 Å². The van der Waals surface area contributed by atoms with Crippen molar-refractivity contribution in [1.29, 1.82) is 0 Å². The number of benzene rings is 1. The van der Waals surface area contributed by atoms with Gasteiger partial charge in [0, 0.05) is 18.0 Å². The van der Waals surface area contributed by atoms with Crippen LogP contribution in [0.5, 0.6) is 5.75 Å². The van der Waals surface area contributed by atoms with E-state index in [0.717, 1.165) is 12.8 Å². The average Bonchev–Trinajstić information content (AvgIpc) is 2.46. The predicted molar refractivity (Wildman–Crippen MR) is 81.8 cm³/mol. The van der Waals surface area contributed by atoms with Crippen molar-refractivity contribution in [3.05, 3.63) is 29.3 Å². The Kier molecular flexibility index (Phi) is 7.39. The fourth-order valence-electron chi connectivity index (χ4n) is 1.63. The molecule has 0 aliphatic heterocycles. The number of nitrogens with one attached hydrogen (secondary N) is 1. The number of oxime groups is 1. The molecule has 1 atom stereocenters. The Hall–Kier alpha value is -1.95. The van der Waals surface area contributed by atoms with Gasteiger partial charge in [-0.25, -0.2) is 0 Å². The van der Waals surface area contributed by atoms with Crippen LogP contribution in [0.2, 0.25) is 5.02 Å². The second kappa shape index (κ2) is 9.07. The lowest BCUT2D eigenvalue weighted by Crippen LogP contribution is -2.36. The highest BCUT2D eigenvalue weighted by molar-refractivity contribution is 6.30. The number of amidine groups is 1. The second-order valence-corrected chi connectivity index (χ2v) is 4.99. The summed E-state index contributed by atoms with van der Waals surface area (Å²) in [4.78, 5) is 11.8. The van der Waals surface area contributed by atoms with Crippen molar-refractivity contribution >= 4 is 23.3 Å². The Balaban J connectivity index is 2.25. The molecule has 0 heterocycles. The van der Waals surface area contributed by atoms with Crippen molar-refractivity contribution in [2.24, 2.45) is 10.9 Å². The Morgan fingerprint density at radius 3 is 2.95 bits per heavy atom. The van der Waals surface area contributed by atoms with E-state index in [1.807, 2.05) is 0 Å². The molecule has 0 spiro atoms. The largest absolute Gasteiger partial charge is 0.481 e. The van der Waals surface area contributed by atoms with Crippen molar-refractivity contribution in [3.63, 3.8) is 0 Å². The normalized spacial score (nSPS) is 12.8. The molecule has 7 heteroatoms. The summed E-state index contributed by atoms with van der Waals surface area (Å²) in [5.74, 6) is 0.551. The summed E-state index contributed by atoms with van der Waals surface area (Å²) < 4.78 is 5.50. The van der Waals surface area contributed by atoms with E-state index in [2.05, 4.69) is 10.5 Å². The Morgan fingerprint density at radius 2 is 2.29 bits per heavy atom. The number of ether oxygens (including phenoxy) is 1. The fourth-order valence-corrected chi connectivity index (χ4v) is 1.81. The lowest BCUT2D eigenvalue weighted by molar-refractivity contribution is -0.127. The summed E-state index contributed by atoms with van der Waals surface area (Å²) in [6, 6.07) is 6.89. The zero-order valence-corrected chi connectivity index (χ0v) is 12.6. The van der Waals surface area contributed by atoms with Gasteiger partial charge in [0.05, 0.1) is 0 Å². The fraction of sp³-hybridized carbons (Fsp3) is 0.429. The summed E-state index contributed by atoms with van der Waals surface area (Å²) in [6.45, 7) is 2.19. The van der Waals surface area contributed by atoms with Gasteiger partial charge in [0.1, 0.15) is 11.6 Å². The summed E-state index contributed by atoms with van der Waals surface area (Å²) in [7, 11) is 0. The molecule has 21 heavy (non-hydrogen) atoms. The third-order valence-electron chi connectivity index (χ3n) is 2.77. The zero-order chi connectivity index (χ0) is 15.7. The molecular formula is C14H20ClN3O3. The number of amides is 1. The molecule has 116 valence electrons. The van der Waals surface area contributed by atoms with Crippen LogP contribution in [0.15, 0.2) is 29.4 Å². The van der Waals surface area contributed by atoms with Crippen molar-refractivity contribution in [2.75, 3.05) is 6.54 Å². The molecule has 0 aromatic heterocycles. The molecule has 1 amide bonds. The number of nitrogens with zero attached hydrogens (tertiary/aromatic N) is 1. The first-order valence-electron chi connectivity index (χ1n) is 6.69. The maximum absolute atomic E-state index is 11.8. The van der Waals surface area contributed by atoms with Crippen molar-refractivity contribution in [3.8, 4) is 5.75 Å². The van der Waals surface area contributed by atoms with Gasteiger partial charge in [-0.1, -0.05) is 22.8 Å². The smallest absolute Gasteiger partial charge is 0.260 e. The Bertz CT molecular complexity index is 494. The lowest BCUT2D eigenvalue weighted by Gasteiger charge is -2.14. The number of nitrogens with two attached hydrogens (primary N) is 1. The van der Waals surface area contributed by atoms with Crippen LogP contribution in [0.3, 0.4) is 0 Å². The number of unbranched alkanes of at least 4 members (excludes halogenated alkanes) is 1. The standard InChI is InChI=1S/C14H20ClN3O3/c1-10(21-12-6-4-5-11(15)9-12)14(19)17-8-3-2-7-13(16)18-20/h4-6,9-10,20H,2-3,7-8H2,1H3,(H2,16,18)(H,17,19). The Labute approximate surface area is 128 Å². The number of carbonyl (C=O) groups is 1. The minimum atomic E-state index is -0.604. The van der Waals surface area contributed by atoms with E-state index in [4.69, 9.17) is 27.3 Å². The second-order valence-electron chi connectivity index (χ2n) is 4.56.